The van der Waals surface area contributed by atoms with E-state index in [-0.39, 0.29) is 11.7 Å². The highest BCUT2D eigenvalue weighted by atomic mass is 35.5. The summed E-state index contributed by atoms with van der Waals surface area (Å²) >= 11 is 6.22. The van der Waals surface area contributed by atoms with Crippen LogP contribution in [-0.2, 0) is 17.9 Å². The van der Waals surface area contributed by atoms with Gasteiger partial charge in [-0.2, -0.15) is 0 Å². The van der Waals surface area contributed by atoms with Crippen molar-refractivity contribution in [3.05, 3.63) is 64.7 Å². The van der Waals surface area contributed by atoms with Gasteiger partial charge in [-0.15, -0.1) is 0 Å². The molecule has 6 heteroatoms. The lowest BCUT2D eigenvalue weighted by molar-refractivity contribution is -0.128. The lowest BCUT2D eigenvalue weighted by atomic mass is 10.1. The van der Waals surface area contributed by atoms with E-state index >= 15 is 0 Å². The Bertz CT molecular complexity index is 936. The van der Waals surface area contributed by atoms with Gasteiger partial charge in [0.1, 0.15) is 5.82 Å². The maximum atomic E-state index is 13.3. The number of likely N-dealkylation sites (tertiary alicyclic amines) is 1. The molecule has 0 atom stereocenters. The standard InChI is InChI=1S/C19H17ClFN3O/c20-19-22-16-10-15(21)7-8-17(16)24(19)12-14-5-3-13(4-6-14)11-23-9-1-2-18(23)25/h3-8,10H,1-2,9,11-12H2. The molecule has 1 fully saturated rings. The van der Waals surface area contributed by atoms with Gasteiger partial charge in [0.2, 0.25) is 11.2 Å². The topological polar surface area (TPSA) is 38.1 Å². The molecule has 0 bridgehead atoms. The number of carbonyl (C=O) groups is 1. The number of rotatable bonds is 4. The zero-order chi connectivity index (χ0) is 17.4. The number of amides is 1. The van der Waals surface area contributed by atoms with Crippen LogP contribution in [0.1, 0.15) is 24.0 Å². The second kappa shape index (κ2) is 6.48. The van der Waals surface area contributed by atoms with Crippen LogP contribution in [0.3, 0.4) is 0 Å². The molecule has 1 aromatic heterocycles. The van der Waals surface area contributed by atoms with Crippen LogP contribution in [0.2, 0.25) is 5.28 Å². The van der Waals surface area contributed by atoms with Gasteiger partial charge in [-0.3, -0.25) is 4.79 Å². The van der Waals surface area contributed by atoms with E-state index in [2.05, 4.69) is 4.98 Å². The third-order valence-electron chi connectivity index (χ3n) is 4.57. The number of aromatic nitrogens is 2. The first-order valence-electron chi connectivity index (χ1n) is 8.27. The zero-order valence-electron chi connectivity index (χ0n) is 13.6. The highest BCUT2D eigenvalue weighted by Crippen LogP contribution is 2.22. The first-order valence-corrected chi connectivity index (χ1v) is 8.65. The maximum absolute atomic E-state index is 13.3. The molecule has 2 aromatic carbocycles. The highest BCUT2D eigenvalue weighted by Gasteiger charge is 2.19. The second-order valence-electron chi connectivity index (χ2n) is 6.34. The van der Waals surface area contributed by atoms with Crippen LogP contribution in [0.5, 0.6) is 0 Å². The predicted octanol–water partition coefficient (Wildman–Crippen LogP) is 4.00. The fourth-order valence-electron chi connectivity index (χ4n) is 3.25. The van der Waals surface area contributed by atoms with E-state index in [0.717, 1.165) is 29.6 Å². The summed E-state index contributed by atoms with van der Waals surface area (Å²) in [6.45, 7) is 2.06. The monoisotopic (exact) mass is 357 g/mol. The number of hydrogen-bond acceptors (Lipinski definition) is 2. The molecule has 4 nitrogen and oxygen atoms in total. The van der Waals surface area contributed by atoms with E-state index in [1.54, 1.807) is 6.07 Å². The highest BCUT2D eigenvalue weighted by molar-refractivity contribution is 6.29. The van der Waals surface area contributed by atoms with Crippen LogP contribution in [0.25, 0.3) is 11.0 Å². The summed E-state index contributed by atoms with van der Waals surface area (Å²) in [5, 5.41) is 0.340. The third-order valence-corrected chi connectivity index (χ3v) is 4.86. The molecule has 0 radical (unpaired) electrons. The largest absolute Gasteiger partial charge is 0.338 e. The summed E-state index contributed by atoms with van der Waals surface area (Å²) in [5.74, 6) is -0.0948. The Morgan fingerprint density at radius 1 is 1.08 bits per heavy atom. The van der Waals surface area contributed by atoms with Gasteiger partial charge in [0.15, 0.2) is 0 Å². The van der Waals surface area contributed by atoms with Crippen LogP contribution in [-0.4, -0.2) is 26.9 Å². The number of fused-ring (bicyclic) bond motifs is 1. The van der Waals surface area contributed by atoms with Crippen molar-refractivity contribution in [2.75, 3.05) is 6.54 Å². The van der Waals surface area contributed by atoms with Crippen LogP contribution < -0.4 is 0 Å². The zero-order valence-corrected chi connectivity index (χ0v) is 14.3. The number of benzene rings is 2. The van der Waals surface area contributed by atoms with Crippen molar-refractivity contribution in [2.24, 2.45) is 0 Å². The molecule has 0 unspecified atom stereocenters. The smallest absolute Gasteiger partial charge is 0.222 e. The molecule has 0 saturated carbocycles. The summed E-state index contributed by atoms with van der Waals surface area (Å²) < 4.78 is 15.2. The first kappa shape index (κ1) is 16.1. The van der Waals surface area contributed by atoms with Gasteiger partial charge in [-0.25, -0.2) is 9.37 Å². The Kier molecular flexibility index (Phi) is 4.17. The Balaban J connectivity index is 1.53. The minimum absolute atomic E-state index is 0.230. The van der Waals surface area contributed by atoms with E-state index in [4.69, 9.17) is 11.6 Å². The van der Waals surface area contributed by atoms with Crippen LogP contribution in [0, 0.1) is 5.82 Å². The van der Waals surface area contributed by atoms with Crippen molar-refractivity contribution < 1.29 is 9.18 Å². The second-order valence-corrected chi connectivity index (χ2v) is 6.67. The molecule has 0 aliphatic carbocycles. The number of hydrogen-bond donors (Lipinski definition) is 0. The molecule has 1 saturated heterocycles. The van der Waals surface area contributed by atoms with Gasteiger partial charge < -0.3 is 9.47 Å². The molecule has 1 amide bonds. The molecule has 128 valence electrons. The average molecular weight is 358 g/mol. The molecule has 3 aromatic rings. The summed E-state index contributed by atoms with van der Waals surface area (Å²) in [7, 11) is 0. The van der Waals surface area contributed by atoms with Crippen molar-refractivity contribution in [1.29, 1.82) is 0 Å². The molecule has 1 aliphatic rings. The Morgan fingerprint density at radius 2 is 1.80 bits per heavy atom. The Hall–Kier alpha value is -2.40. The van der Waals surface area contributed by atoms with Crippen LogP contribution in [0.4, 0.5) is 4.39 Å². The van der Waals surface area contributed by atoms with Gasteiger partial charge in [-0.05, 0) is 41.3 Å². The summed E-state index contributed by atoms with van der Waals surface area (Å²) in [4.78, 5) is 17.8. The SMILES string of the molecule is O=C1CCCN1Cc1ccc(Cn2c(Cl)nc3cc(F)ccc32)cc1. The summed E-state index contributed by atoms with van der Waals surface area (Å²) in [6.07, 6.45) is 1.61. The quantitative estimate of drug-likeness (QED) is 0.707. The molecular formula is C19H17ClFN3O. The van der Waals surface area contributed by atoms with E-state index in [1.165, 1.54) is 12.1 Å². The maximum Gasteiger partial charge on any atom is 0.222 e. The van der Waals surface area contributed by atoms with E-state index in [9.17, 15) is 9.18 Å². The lowest BCUT2D eigenvalue weighted by Gasteiger charge is -2.15. The molecular weight excluding hydrogens is 341 g/mol. The normalized spacial score (nSPS) is 14.6. The lowest BCUT2D eigenvalue weighted by Crippen LogP contribution is -2.23. The number of carbonyl (C=O) groups excluding carboxylic acids is 1. The minimum atomic E-state index is -0.324. The molecule has 0 spiro atoms. The van der Waals surface area contributed by atoms with Crippen LogP contribution in [0.15, 0.2) is 42.5 Å². The number of halogens is 2. The van der Waals surface area contributed by atoms with Crippen molar-refractivity contribution >= 4 is 28.5 Å². The molecule has 25 heavy (non-hydrogen) atoms. The van der Waals surface area contributed by atoms with Gasteiger partial charge >= 0.3 is 0 Å². The summed E-state index contributed by atoms with van der Waals surface area (Å²) in [5.41, 5.74) is 3.54. The van der Waals surface area contributed by atoms with Crippen molar-refractivity contribution in [1.82, 2.24) is 14.5 Å². The number of imidazole rings is 1. The minimum Gasteiger partial charge on any atom is -0.338 e. The van der Waals surface area contributed by atoms with Crippen molar-refractivity contribution in [2.45, 2.75) is 25.9 Å². The average Bonchev–Trinajstić information content (AvgIpc) is 3.12. The Morgan fingerprint density at radius 3 is 2.48 bits per heavy atom. The fraction of sp³-hybridized carbons (Fsp3) is 0.263. The predicted molar refractivity (Wildman–Crippen MR) is 94.9 cm³/mol. The van der Waals surface area contributed by atoms with Gasteiger partial charge in [-0.1, -0.05) is 24.3 Å². The fourth-order valence-corrected chi connectivity index (χ4v) is 3.49. The third kappa shape index (κ3) is 3.24. The van der Waals surface area contributed by atoms with Crippen molar-refractivity contribution in [3.8, 4) is 0 Å². The van der Waals surface area contributed by atoms with E-state index in [1.807, 2.05) is 33.7 Å². The Labute approximate surface area is 149 Å². The molecule has 0 N–H and O–H groups in total. The van der Waals surface area contributed by atoms with Gasteiger partial charge in [0, 0.05) is 25.6 Å². The van der Waals surface area contributed by atoms with Crippen LogP contribution >= 0.6 is 11.6 Å². The van der Waals surface area contributed by atoms with E-state index in [0.29, 0.717) is 30.3 Å². The number of nitrogens with zero attached hydrogens (tertiary/aromatic N) is 3. The molecule has 1 aliphatic heterocycles. The first-order chi connectivity index (χ1) is 12.1. The van der Waals surface area contributed by atoms with Crippen molar-refractivity contribution in [3.63, 3.8) is 0 Å². The molecule has 4 rings (SSSR count). The molecule has 2 heterocycles. The van der Waals surface area contributed by atoms with Gasteiger partial charge in [0.05, 0.1) is 17.6 Å². The summed E-state index contributed by atoms with van der Waals surface area (Å²) in [6, 6.07) is 12.6. The van der Waals surface area contributed by atoms with E-state index < -0.39 is 0 Å². The van der Waals surface area contributed by atoms with Gasteiger partial charge in [0.25, 0.3) is 0 Å².